The smallest absolute Gasteiger partial charge is 0.416 e. The maximum absolute atomic E-state index is 16.1. The van der Waals surface area contributed by atoms with Gasteiger partial charge in [-0.1, -0.05) is 0 Å². The summed E-state index contributed by atoms with van der Waals surface area (Å²) in [5, 5.41) is 12.3. The number of fused-ring (bicyclic) bond motifs is 7. The first-order valence-electron chi connectivity index (χ1n) is 17.0. The second kappa shape index (κ2) is 10.4. The molecule has 1 saturated carbocycles. The molecule has 9 nitrogen and oxygen atoms in total. The SMILES string of the molecule is F[C@H]1CN2CCC[C@@]2(COc2nc(N3C[C@H]4CC[C@@H](C3)N4)c3c(n2)sc2c(-c4c(C5(F)CC5)c(C(F)(F)F)cc5[nH]ncc45)nccc23)C1. The second-order valence-electron chi connectivity index (χ2n) is 14.5. The van der Waals surface area contributed by atoms with Crippen LogP contribution in [0.3, 0.4) is 0 Å². The number of hydrogen-bond donors (Lipinski definition) is 2. The third-order valence-corrected chi connectivity index (χ3v) is 12.5. The van der Waals surface area contributed by atoms with Crippen LogP contribution in [0.15, 0.2) is 24.5 Å². The molecule has 5 aromatic rings. The minimum absolute atomic E-state index is 0.00143. The van der Waals surface area contributed by atoms with Crippen LogP contribution in [0.25, 0.3) is 42.5 Å². The molecule has 8 heterocycles. The van der Waals surface area contributed by atoms with Crippen LogP contribution in [0.4, 0.5) is 27.8 Å². The van der Waals surface area contributed by atoms with Gasteiger partial charge in [0.25, 0.3) is 0 Å². The summed E-state index contributed by atoms with van der Waals surface area (Å²) in [5.74, 6) is 0.694. The van der Waals surface area contributed by atoms with E-state index in [4.69, 9.17) is 14.7 Å². The molecule has 4 saturated heterocycles. The van der Waals surface area contributed by atoms with Crippen LogP contribution >= 0.6 is 11.3 Å². The molecular weight excluding hydrogens is 663 g/mol. The quantitative estimate of drug-likeness (QED) is 0.191. The molecule has 4 aromatic heterocycles. The van der Waals surface area contributed by atoms with Gasteiger partial charge in [-0.25, -0.2) is 8.78 Å². The Kier molecular flexibility index (Phi) is 6.41. The van der Waals surface area contributed by atoms with Crippen LogP contribution in [0.1, 0.15) is 56.1 Å². The molecule has 4 aliphatic heterocycles. The number of H-pyrrole nitrogens is 1. The van der Waals surface area contributed by atoms with Gasteiger partial charge >= 0.3 is 12.2 Å². The fraction of sp³-hybridized carbons (Fsp3) is 0.529. The number of nitrogens with zero attached hydrogens (tertiary/aromatic N) is 6. The van der Waals surface area contributed by atoms with Crippen molar-refractivity contribution in [2.45, 2.75) is 80.6 Å². The predicted octanol–water partition coefficient (Wildman–Crippen LogP) is 6.66. The van der Waals surface area contributed by atoms with Crippen molar-refractivity contribution in [3.63, 3.8) is 0 Å². The lowest BCUT2D eigenvalue weighted by Crippen LogP contribution is -2.51. The van der Waals surface area contributed by atoms with E-state index in [9.17, 15) is 17.6 Å². The Bertz CT molecular complexity index is 2140. The van der Waals surface area contributed by atoms with Gasteiger partial charge in [0.1, 0.15) is 29.1 Å². The van der Waals surface area contributed by atoms with Crippen molar-refractivity contribution in [3.8, 4) is 17.3 Å². The van der Waals surface area contributed by atoms with E-state index in [1.807, 2.05) is 6.07 Å². The van der Waals surface area contributed by atoms with Crippen molar-refractivity contribution in [3.05, 3.63) is 35.7 Å². The maximum atomic E-state index is 16.1. The highest BCUT2D eigenvalue weighted by molar-refractivity contribution is 7.26. The number of piperazine rings is 1. The minimum atomic E-state index is -4.79. The molecular formula is C34H33F5N8OS. The molecule has 10 rings (SSSR count). The number of nitrogens with one attached hydrogen (secondary N) is 2. The number of benzene rings is 1. The summed E-state index contributed by atoms with van der Waals surface area (Å²) in [4.78, 5) is 19.6. The number of rotatable bonds is 6. The van der Waals surface area contributed by atoms with Gasteiger partial charge in [-0.2, -0.15) is 28.2 Å². The number of anilines is 1. The first kappa shape index (κ1) is 30.2. The molecule has 4 atom stereocenters. The van der Waals surface area contributed by atoms with Gasteiger partial charge in [-0.15, -0.1) is 11.3 Å². The maximum Gasteiger partial charge on any atom is 0.416 e. The molecule has 15 heteroatoms. The van der Waals surface area contributed by atoms with Crippen LogP contribution < -0.4 is 15.0 Å². The highest BCUT2D eigenvalue weighted by Gasteiger charge is 2.53. The van der Waals surface area contributed by atoms with E-state index in [1.54, 1.807) is 6.20 Å². The van der Waals surface area contributed by atoms with E-state index in [-0.39, 0.29) is 53.3 Å². The lowest BCUT2D eigenvalue weighted by atomic mass is 9.90. The van der Waals surface area contributed by atoms with Crippen LogP contribution in [0, 0.1) is 0 Å². The Morgan fingerprint density at radius 3 is 2.65 bits per heavy atom. The Morgan fingerprint density at radius 2 is 1.88 bits per heavy atom. The fourth-order valence-corrected chi connectivity index (χ4v) is 10.2. The number of ether oxygens (including phenoxy) is 1. The lowest BCUT2D eigenvalue weighted by Gasteiger charge is -2.34. The second-order valence-corrected chi connectivity index (χ2v) is 15.5. The van der Waals surface area contributed by atoms with Crippen molar-refractivity contribution in [2.75, 3.05) is 37.7 Å². The summed E-state index contributed by atoms with van der Waals surface area (Å²) in [6, 6.07) is 3.60. The van der Waals surface area contributed by atoms with Gasteiger partial charge in [-0.3, -0.25) is 15.0 Å². The van der Waals surface area contributed by atoms with Crippen LogP contribution in [-0.4, -0.2) is 86.6 Å². The molecule has 5 fully saturated rings. The van der Waals surface area contributed by atoms with Crippen molar-refractivity contribution in [1.82, 2.24) is 35.4 Å². The molecule has 0 amide bonds. The standard InChI is InChI=1S/C34H33F5N8OS/c35-17-11-32(5-1-9-47(32)13-17)16-48-31-43-29(46-14-18-2-3-19(15-46)42-18)25-20-4-8-40-27(28(20)49-30(25)44-31)24-21-12-41-45-23(21)10-22(34(37,38)39)26(24)33(36)6-7-33/h4,8,10,12,17-19,42H,1-3,5-7,9,11,13-16H2,(H,41,45)/t17-,18-,19+,32+/m1/s1. The first-order chi connectivity index (χ1) is 23.6. The van der Waals surface area contributed by atoms with Gasteiger partial charge in [-0.05, 0) is 57.2 Å². The van der Waals surface area contributed by atoms with E-state index in [2.05, 4.69) is 30.3 Å². The molecule has 1 aromatic carbocycles. The number of aromatic amines is 1. The lowest BCUT2D eigenvalue weighted by molar-refractivity contribution is -0.138. The topological polar surface area (TPSA) is 95.1 Å². The van der Waals surface area contributed by atoms with Crippen LogP contribution in [0.2, 0.25) is 0 Å². The van der Waals surface area contributed by atoms with Crippen molar-refractivity contribution < 1.29 is 26.7 Å². The van der Waals surface area contributed by atoms with E-state index < -0.39 is 23.6 Å². The molecule has 1 aliphatic carbocycles. The minimum Gasteiger partial charge on any atom is -0.461 e. The van der Waals surface area contributed by atoms with E-state index in [1.165, 1.54) is 17.5 Å². The Labute approximate surface area is 281 Å². The summed E-state index contributed by atoms with van der Waals surface area (Å²) in [6.07, 6.45) is 1.69. The Balaban J connectivity index is 1.17. The number of halogens is 5. The monoisotopic (exact) mass is 696 g/mol. The van der Waals surface area contributed by atoms with Crippen LogP contribution in [0.5, 0.6) is 6.01 Å². The average molecular weight is 697 g/mol. The fourth-order valence-electron chi connectivity index (χ4n) is 9.04. The van der Waals surface area contributed by atoms with Gasteiger partial charge in [0, 0.05) is 66.2 Å². The average Bonchev–Trinajstić information content (AvgIpc) is 3.56. The highest BCUT2D eigenvalue weighted by atomic mass is 32.1. The van der Waals surface area contributed by atoms with Crippen molar-refractivity contribution >= 4 is 48.4 Å². The molecule has 256 valence electrons. The largest absolute Gasteiger partial charge is 0.461 e. The third kappa shape index (κ3) is 4.67. The molecule has 0 unspecified atom stereocenters. The van der Waals surface area contributed by atoms with Gasteiger partial charge in [0.15, 0.2) is 0 Å². The summed E-state index contributed by atoms with van der Waals surface area (Å²) >= 11 is 1.29. The van der Waals surface area contributed by atoms with Gasteiger partial charge in [0.05, 0.1) is 38.6 Å². The van der Waals surface area contributed by atoms with Gasteiger partial charge < -0.3 is 15.0 Å². The number of alkyl halides is 5. The molecule has 2 N–H and O–H groups in total. The number of aromatic nitrogens is 5. The zero-order valence-corrected chi connectivity index (χ0v) is 27.2. The molecule has 5 aliphatic rings. The van der Waals surface area contributed by atoms with Crippen molar-refractivity contribution in [2.24, 2.45) is 0 Å². The Hall–Kier alpha value is -3.69. The number of pyridine rings is 1. The zero-order valence-electron chi connectivity index (χ0n) is 26.4. The van der Waals surface area contributed by atoms with E-state index in [0.29, 0.717) is 45.8 Å². The summed E-state index contributed by atoms with van der Waals surface area (Å²) in [7, 11) is 0. The normalized spacial score (nSPS) is 27.9. The van der Waals surface area contributed by atoms with Crippen LogP contribution in [-0.2, 0) is 11.8 Å². The molecule has 0 radical (unpaired) electrons. The molecule has 49 heavy (non-hydrogen) atoms. The summed E-state index contributed by atoms with van der Waals surface area (Å²) in [5.41, 5.74) is -3.40. The summed E-state index contributed by atoms with van der Waals surface area (Å²) < 4.78 is 81.4. The van der Waals surface area contributed by atoms with Crippen molar-refractivity contribution in [1.29, 1.82) is 0 Å². The highest BCUT2D eigenvalue weighted by Crippen LogP contribution is 2.58. The number of hydrogen-bond acceptors (Lipinski definition) is 9. The first-order valence-corrected chi connectivity index (χ1v) is 17.8. The third-order valence-electron chi connectivity index (χ3n) is 11.4. The van der Waals surface area contributed by atoms with E-state index in [0.717, 1.165) is 62.2 Å². The zero-order chi connectivity index (χ0) is 33.3. The molecule has 2 bridgehead atoms. The Morgan fingerprint density at radius 1 is 1.06 bits per heavy atom. The molecule has 0 spiro atoms. The van der Waals surface area contributed by atoms with E-state index >= 15 is 4.39 Å². The number of thiophene rings is 1. The van der Waals surface area contributed by atoms with Gasteiger partial charge in [0.2, 0.25) is 0 Å². The predicted molar refractivity (Wildman–Crippen MR) is 176 cm³/mol. The summed E-state index contributed by atoms with van der Waals surface area (Å²) in [6.45, 7) is 2.98.